The Balaban J connectivity index is 1.54. The number of anilines is 1. The second-order valence-electron chi connectivity index (χ2n) is 5.41. The van der Waals surface area contributed by atoms with Gasteiger partial charge in [0.05, 0.1) is 18.4 Å². The maximum absolute atomic E-state index is 12.7. The first-order chi connectivity index (χ1) is 12.3. The van der Waals surface area contributed by atoms with Crippen LogP contribution in [-0.2, 0) is 11.3 Å². The zero-order valence-corrected chi connectivity index (χ0v) is 14.0. The van der Waals surface area contributed by atoms with E-state index in [1.807, 2.05) is 35.7 Å². The van der Waals surface area contributed by atoms with Crippen LogP contribution in [0.2, 0.25) is 0 Å². The number of hydrogen-bond donors (Lipinski definition) is 1. The number of rotatable bonds is 5. The van der Waals surface area contributed by atoms with Gasteiger partial charge in [-0.3, -0.25) is 9.89 Å². The van der Waals surface area contributed by atoms with E-state index in [4.69, 9.17) is 9.47 Å². The van der Waals surface area contributed by atoms with Crippen LogP contribution in [0.15, 0.2) is 54.2 Å². The van der Waals surface area contributed by atoms with E-state index < -0.39 is 0 Å². The molecule has 1 aromatic carbocycles. The lowest BCUT2D eigenvalue weighted by atomic mass is 10.2. The minimum atomic E-state index is -0.118. The standard InChI is InChI=1S/C18H15N3O3S/c22-18(6-4-13-3-5-16-17(8-13)24-12-23-16)21(14-9-19-20-10-14)11-15-2-1-7-25-15/h1-10H,11-12H2,(H,19,20)/b6-4+. The summed E-state index contributed by atoms with van der Waals surface area (Å²) in [6.45, 7) is 0.734. The van der Waals surface area contributed by atoms with Crippen LogP contribution in [0, 0.1) is 0 Å². The van der Waals surface area contributed by atoms with Crippen LogP contribution < -0.4 is 14.4 Å². The summed E-state index contributed by atoms with van der Waals surface area (Å²) in [6, 6.07) is 9.56. The van der Waals surface area contributed by atoms with Crippen molar-refractivity contribution in [2.45, 2.75) is 6.54 Å². The molecule has 1 amide bonds. The molecule has 0 fully saturated rings. The molecule has 0 radical (unpaired) electrons. The smallest absolute Gasteiger partial charge is 0.251 e. The molecule has 3 aromatic rings. The first kappa shape index (κ1) is 15.5. The first-order valence-electron chi connectivity index (χ1n) is 7.70. The second-order valence-corrected chi connectivity index (χ2v) is 6.44. The minimum Gasteiger partial charge on any atom is -0.454 e. The number of hydrogen-bond acceptors (Lipinski definition) is 5. The number of aromatic amines is 1. The summed E-state index contributed by atoms with van der Waals surface area (Å²) >= 11 is 1.61. The number of carbonyl (C=O) groups excluding carboxylic acids is 1. The van der Waals surface area contributed by atoms with E-state index in [-0.39, 0.29) is 12.7 Å². The summed E-state index contributed by atoms with van der Waals surface area (Å²) in [5.41, 5.74) is 1.61. The summed E-state index contributed by atoms with van der Waals surface area (Å²) in [4.78, 5) is 15.5. The van der Waals surface area contributed by atoms with Gasteiger partial charge in [-0.1, -0.05) is 12.1 Å². The monoisotopic (exact) mass is 353 g/mol. The Kier molecular flexibility index (Phi) is 4.22. The van der Waals surface area contributed by atoms with Gasteiger partial charge in [-0.2, -0.15) is 5.10 Å². The SMILES string of the molecule is O=C(/C=C/c1ccc2c(c1)OCO2)N(Cc1cccs1)c1cn[nH]c1. The zero-order valence-electron chi connectivity index (χ0n) is 13.2. The highest BCUT2D eigenvalue weighted by molar-refractivity contribution is 7.09. The summed E-state index contributed by atoms with van der Waals surface area (Å²) in [5.74, 6) is 1.30. The molecule has 25 heavy (non-hydrogen) atoms. The van der Waals surface area contributed by atoms with Crippen molar-refractivity contribution < 1.29 is 14.3 Å². The van der Waals surface area contributed by atoms with Gasteiger partial charge in [0.15, 0.2) is 11.5 Å². The fourth-order valence-corrected chi connectivity index (χ4v) is 3.21. The third-order valence-corrected chi connectivity index (χ3v) is 4.63. The maximum Gasteiger partial charge on any atom is 0.251 e. The largest absolute Gasteiger partial charge is 0.454 e. The number of aromatic nitrogens is 2. The highest BCUT2D eigenvalue weighted by Gasteiger charge is 2.16. The van der Waals surface area contributed by atoms with Gasteiger partial charge in [-0.05, 0) is 35.2 Å². The number of nitrogens with one attached hydrogen (secondary N) is 1. The molecule has 0 spiro atoms. The molecule has 3 heterocycles. The van der Waals surface area contributed by atoms with Gasteiger partial charge in [0.25, 0.3) is 5.91 Å². The van der Waals surface area contributed by atoms with Crippen LogP contribution in [0.1, 0.15) is 10.4 Å². The van der Waals surface area contributed by atoms with Crippen molar-refractivity contribution in [3.8, 4) is 11.5 Å². The Morgan fingerprint density at radius 1 is 1.32 bits per heavy atom. The van der Waals surface area contributed by atoms with Crippen LogP contribution in [0.5, 0.6) is 11.5 Å². The predicted octanol–water partition coefficient (Wildman–Crippen LogP) is 3.45. The van der Waals surface area contributed by atoms with Crippen LogP contribution in [-0.4, -0.2) is 22.9 Å². The maximum atomic E-state index is 12.7. The number of carbonyl (C=O) groups is 1. The molecule has 0 saturated heterocycles. The first-order valence-corrected chi connectivity index (χ1v) is 8.58. The quantitative estimate of drug-likeness (QED) is 0.714. The third-order valence-electron chi connectivity index (χ3n) is 3.77. The number of thiophene rings is 1. The van der Waals surface area contributed by atoms with E-state index in [1.165, 1.54) is 0 Å². The van der Waals surface area contributed by atoms with E-state index in [1.54, 1.807) is 40.8 Å². The van der Waals surface area contributed by atoms with Crippen LogP contribution in [0.25, 0.3) is 6.08 Å². The van der Waals surface area contributed by atoms with Crippen molar-refractivity contribution in [1.29, 1.82) is 0 Å². The van der Waals surface area contributed by atoms with Gasteiger partial charge in [-0.25, -0.2) is 0 Å². The van der Waals surface area contributed by atoms with Crippen molar-refractivity contribution in [2.75, 3.05) is 11.7 Å². The Morgan fingerprint density at radius 2 is 2.24 bits per heavy atom. The zero-order chi connectivity index (χ0) is 17.1. The molecule has 0 atom stereocenters. The van der Waals surface area contributed by atoms with Crippen LogP contribution in [0.4, 0.5) is 5.69 Å². The van der Waals surface area contributed by atoms with Gasteiger partial charge in [-0.15, -0.1) is 11.3 Å². The van der Waals surface area contributed by atoms with E-state index in [0.717, 1.165) is 21.9 Å². The molecule has 1 aliphatic heterocycles. The molecule has 1 aliphatic rings. The fourth-order valence-electron chi connectivity index (χ4n) is 2.52. The van der Waals surface area contributed by atoms with Gasteiger partial charge in [0.2, 0.25) is 6.79 Å². The van der Waals surface area contributed by atoms with Gasteiger partial charge in [0.1, 0.15) is 0 Å². The predicted molar refractivity (Wildman–Crippen MR) is 95.7 cm³/mol. The highest BCUT2D eigenvalue weighted by Crippen LogP contribution is 2.32. The summed E-state index contributed by atoms with van der Waals surface area (Å²) in [5, 5.41) is 8.69. The number of ether oxygens (including phenoxy) is 2. The van der Waals surface area contributed by atoms with Crippen LogP contribution in [0.3, 0.4) is 0 Å². The Labute approximate surface area is 148 Å². The normalized spacial score (nSPS) is 12.6. The van der Waals surface area contributed by atoms with E-state index in [2.05, 4.69) is 10.2 Å². The molecule has 0 unspecified atom stereocenters. The number of nitrogens with zero attached hydrogens (tertiary/aromatic N) is 2. The average molecular weight is 353 g/mol. The molecule has 1 N–H and O–H groups in total. The molecule has 0 aliphatic carbocycles. The molecule has 2 aromatic heterocycles. The van der Waals surface area contributed by atoms with Crippen molar-refractivity contribution in [2.24, 2.45) is 0 Å². The lowest BCUT2D eigenvalue weighted by Gasteiger charge is -2.18. The van der Waals surface area contributed by atoms with Crippen LogP contribution >= 0.6 is 11.3 Å². The summed E-state index contributed by atoms with van der Waals surface area (Å²) < 4.78 is 10.7. The fraction of sp³-hybridized carbons (Fsp3) is 0.111. The number of benzene rings is 1. The lowest BCUT2D eigenvalue weighted by molar-refractivity contribution is -0.114. The number of amides is 1. The topological polar surface area (TPSA) is 67.5 Å². The van der Waals surface area contributed by atoms with Gasteiger partial charge in [0, 0.05) is 17.2 Å². The molecule has 0 bridgehead atoms. The van der Waals surface area contributed by atoms with Crippen molar-refractivity contribution in [3.63, 3.8) is 0 Å². The molecule has 6 nitrogen and oxygen atoms in total. The summed E-state index contributed by atoms with van der Waals surface area (Å²) in [7, 11) is 0. The molecular formula is C18H15N3O3S. The van der Waals surface area contributed by atoms with Crippen molar-refractivity contribution >= 4 is 29.0 Å². The Hall–Kier alpha value is -3.06. The third kappa shape index (κ3) is 3.41. The number of fused-ring (bicyclic) bond motifs is 1. The van der Waals surface area contributed by atoms with Crippen molar-refractivity contribution in [1.82, 2.24) is 10.2 Å². The molecular weight excluding hydrogens is 338 g/mol. The van der Waals surface area contributed by atoms with Crippen molar-refractivity contribution in [3.05, 3.63) is 64.6 Å². The summed E-state index contributed by atoms with van der Waals surface area (Å²) in [6.07, 6.45) is 6.67. The second kappa shape index (κ2) is 6.82. The van der Waals surface area contributed by atoms with E-state index >= 15 is 0 Å². The molecule has 7 heteroatoms. The Morgan fingerprint density at radius 3 is 3.04 bits per heavy atom. The lowest BCUT2D eigenvalue weighted by Crippen LogP contribution is -2.27. The van der Waals surface area contributed by atoms with Gasteiger partial charge < -0.3 is 14.4 Å². The Bertz CT molecular complexity index is 888. The van der Waals surface area contributed by atoms with E-state index in [0.29, 0.717) is 12.3 Å². The average Bonchev–Trinajstić information content (AvgIpc) is 3.39. The molecule has 0 saturated carbocycles. The minimum absolute atomic E-state index is 0.118. The molecule has 126 valence electrons. The van der Waals surface area contributed by atoms with E-state index in [9.17, 15) is 4.79 Å². The molecule has 4 rings (SSSR count). The number of H-pyrrole nitrogens is 1. The van der Waals surface area contributed by atoms with Gasteiger partial charge >= 0.3 is 0 Å². The highest BCUT2D eigenvalue weighted by atomic mass is 32.1.